The molecule has 1 rings (SSSR count). The third-order valence-electron chi connectivity index (χ3n) is 2.62. The van der Waals surface area contributed by atoms with Crippen LogP contribution in [0.2, 0.25) is 0 Å². The Kier molecular flexibility index (Phi) is 7.94. The smallest absolute Gasteiger partial charge is 0.246 e. The maximum Gasteiger partial charge on any atom is 0.246 e. The van der Waals surface area contributed by atoms with Gasteiger partial charge in [-0.3, -0.25) is 4.79 Å². The van der Waals surface area contributed by atoms with Crippen molar-refractivity contribution in [2.24, 2.45) is 0 Å². The lowest BCUT2D eigenvalue weighted by Gasteiger charge is -2.17. The lowest BCUT2D eigenvalue weighted by atomic mass is 10.2. The van der Waals surface area contributed by atoms with Crippen LogP contribution in [-0.2, 0) is 11.3 Å². The normalized spacial score (nSPS) is 13.8. The third-order valence-corrected chi connectivity index (χ3v) is 4.62. The standard InChI is InChI=1S/C15H20O2S2/c1-4-14(19-15(16)18-3)10-12(2)17-11-13-8-6-5-7-9-13/h4-9,12,14H,1,10-11H2,2-3H3/t12-,14?/m1/s1. The molecule has 0 spiro atoms. The second-order valence-corrected chi connectivity index (χ2v) is 6.44. The highest BCUT2D eigenvalue weighted by atomic mass is 32.2. The fourth-order valence-corrected chi connectivity index (χ4v) is 3.04. The molecule has 2 atom stereocenters. The molecular weight excluding hydrogens is 276 g/mol. The molecule has 0 aliphatic heterocycles. The van der Waals surface area contributed by atoms with E-state index >= 15 is 0 Å². The van der Waals surface area contributed by atoms with E-state index < -0.39 is 0 Å². The second kappa shape index (κ2) is 9.23. The van der Waals surface area contributed by atoms with Gasteiger partial charge in [0.1, 0.15) is 0 Å². The molecule has 0 saturated carbocycles. The van der Waals surface area contributed by atoms with Crippen molar-refractivity contribution in [2.75, 3.05) is 6.26 Å². The zero-order valence-corrected chi connectivity index (χ0v) is 13.0. The van der Waals surface area contributed by atoms with Gasteiger partial charge in [0.25, 0.3) is 0 Å². The zero-order chi connectivity index (χ0) is 14.1. The van der Waals surface area contributed by atoms with E-state index in [2.05, 4.69) is 6.58 Å². The molecule has 0 radical (unpaired) electrons. The first-order chi connectivity index (χ1) is 9.15. The van der Waals surface area contributed by atoms with Crippen molar-refractivity contribution < 1.29 is 9.53 Å². The van der Waals surface area contributed by atoms with Crippen molar-refractivity contribution in [3.63, 3.8) is 0 Å². The fourth-order valence-electron chi connectivity index (χ4n) is 1.57. The van der Waals surface area contributed by atoms with Crippen molar-refractivity contribution in [1.82, 2.24) is 0 Å². The molecule has 1 aromatic carbocycles. The molecule has 0 N–H and O–H groups in total. The lowest BCUT2D eigenvalue weighted by Crippen LogP contribution is -2.15. The van der Waals surface area contributed by atoms with Gasteiger partial charge in [-0.25, -0.2) is 0 Å². The minimum absolute atomic E-state index is 0.102. The molecule has 0 heterocycles. The molecule has 1 aromatic rings. The maximum atomic E-state index is 11.4. The summed E-state index contributed by atoms with van der Waals surface area (Å²) in [6.07, 6.45) is 4.52. The summed E-state index contributed by atoms with van der Waals surface area (Å²) in [6.45, 7) is 6.42. The summed E-state index contributed by atoms with van der Waals surface area (Å²) in [7, 11) is 0. The van der Waals surface area contributed by atoms with Crippen molar-refractivity contribution in [3.8, 4) is 0 Å². The summed E-state index contributed by atoms with van der Waals surface area (Å²) in [4.78, 5) is 11.4. The fraction of sp³-hybridized carbons (Fsp3) is 0.400. The van der Waals surface area contributed by atoms with Crippen molar-refractivity contribution in [2.45, 2.75) is 31.3 Å². The van der Waals surface area contributed by atoms with Gasteiger partial charge in [-0.2, -0.15) is 0 Å². The van der Waals surface area contributed by atoms with E-state index in [1.54, 1.807) is 6.26 Å². The van der Waals surface area contributed by atoms with Crippen LogP contribution in [0.4, 0.5) is 4.79 Å². The molecule has 0 bridgehead atoms. The Hall–Kier alpha value is -0.710. The van der Waals surface area contributed by atoms with E-state index in [1.165, 1.54) is 23.5 Å². The van der Waals surface area contributed by atoms with Crippen LogP contribution >= 0.6 is 23.5 Å². The molecule has 0 saturated heterocycles. The highest BCUT2D eigenvalue weighted by Gasteiger charge is 2.14. The molecule has 0 aliphatic rings. The lowest BCUT2D eigenvalue weighted by molar-refractivity contribution is 0.0492. The number of carbonyl (C=O) groups excluding carboxylic acids is 1. The summed E-state index contributed by atoms with van der Waals surface area (Å²) in [5.41, 5.74) is 1.16. The van der Waals surface area contributed by atoms with E-state index in [4.69, 9.17) is 4.74 Å². The van der Waals surface area contributed by atoms with Crippen LogP contribution in [0.5, 0.6) is 0 Å². The summed E-state index contributed by atoms with van der Waals surface area (Å²) in [6, 6.07) is 10.1. The van der Waals surface area contributed by atoms with Gasteiger partial charge >= 0.3 is 0 Å². The predicted octanol–water partition coefficient (Wildman–Crippen LogP) is 4.75. The van der Waals surface area contributed by atoms with Gasteiger partial charge in [-0.15, -0.1) is 6.58 Å². The molecule has 4 heteroatoms. The number of benzene rings is 1. The number of ether oxygens (including phenoxy) is 1. The van der Waals surface area contributed by atoms with Crippen LogP contribution in [0.15, 0.2) is 43.0 Å². The maximum absolute atomic E-state index is 11.4. The minimum atomic E-state index is 0.102. The van der Waals surface area contributed by atoms with Gasteiger partial charge in [-0.1, -0.05) is 59.9 Å². The second-order valence-electron chi connectivity index (χ2n) is 4.19. The van der Waals surface area contributed by atoms with Crippen molar-refractivity contribution >= 4 is 28.0 Å². The number of carbonyl (C=O) groups is 1. The first-order valence-electron chi connectivity index (χ1n) is 6.18. The minimum Gasteiger partial charge on any atom is -0.374 e. The first-order valence-corrected chi connectivity index (χ1v) is 8.28. The molecule has 2 nitrogen and oxygen atoms in total. The first kappa shape index (κ1) is 16.3. The summed E-state index contributed by atoms with van der Waals surface area (Å²) in [5, 5.41) is 0.116. The number of thioether (sulfide) groups is 2. The Bertz CT molecular complexity index is 392. The van der Waals surface area contributed by atoms with Gasteiger partial charge in [0.15, 0.2) is 0 Å². The molecule has 19 heavy (non-hydrogen) atoms. The molecule has 1 unspecified atom stereocenters. The Morgan fingerprint density at radius 1 is 1.42 bits per heavy atom. The van der Waals surface area contributed by atoms with Gasteiger partial charge in [-0.05, 0) is 25.2 Å². The van der Waals surface area contributed by atoms with Crippen LogP contribution in [-0.4, -0.2) is 22.1 Å². The van der Waals surface area contributed by atoms with Crippen molar-refractivity contribution in [1.29, 1.82) is 0 Å². The largest absolute Gasteiger partial charge is 0.374 e. The van der Waals surface area contributed by atoms with Gasteiger partial charge < -0.3 is 4.74 Å². The SMILES string of the molecule is C=CC(C[C@@H](C)OCc1ccccc1)SC(=O)SC. The van der Waals surface area contributed by atoms with E-state index in [9.17, 15) is 4.79 Å². The summed E-state index contributed by atoms with van der Waals surface area (Å²) >= 11 is 2.56. The van der Waals surface area contributed by atoms with Gasteiger partial charge in [0.05, 0.1) is 12.7 Å². The van der Waals surface area contributed by atoms with Gasteiger partial charge in [0, 0.05) is 5.25 Å². The molecule has 0 amide bonds. The highest BCUT2D eigenvalue weighted by Crippen LogP contribution is 2.24. The molecule has 0 fully saturated rings. The highest BCUT2D eigenvalue weighted by molar-refractivity contribution is 8.38. The quantitative estimate of drug-likeness (QED) is 0.678. The Morgan fingerprint density at radius 2 is 2.11 bits per heavy atom. The Balaban J connectivity index is 2.34. The van der Waals surface area contributed by atoms with Crippen LogP contribution in [0.25, 0.3) is 0 Å². The van der Waals surface area contributed by atoms with E-state index in [1.807, 2.05) is 43.3 Å². The molecule has 0 aliphatic carbocycles. The van der Waals surface area contributed by atoms with E-state index in [0.29, 0.717) is 6.61 Å². The van der Waals surface area contributed by atoms with E-state index in [-0.39, 0.29) is 15.8 Å². The van der Waals surface area contributed by atoms with Crippen LogP contribution in [0, 0.1) is 0 Å². The molecular formula is C15H20O2S2. The van der Waals surface area contributed by atoms with Gasteiger partial charge in [0.2, 0.25) is 4.45 Å². The Labute approximate surface area is 124 Å². The topological polar surface area (TPSA) is 26.3 Å². The van der Waals surface area contributed by atoms with Crippen LogP contribution < -0.4 is 0 Å². The summed E-state index contributed by atoms with van der Waals surface area (Å²) < 4.78 is 5.92. The molecule has 104 valence electrons. The third kappa shape index (κ3) is 6.85. The zero-order valence-electron chi connectivity index (χ0n) is 11.4. The molecule has 0 aromatic heterocycles. The number of rotatable bonds is 7. The monoisotopic (exact) mass is 296 g/mol. The van der Waals surface area contributed by atoms with Crippen LogP contribution in [0.3, 0.4) is 0 Å². The average molecular weight is 296 g/mol. The van der Waals surface area contributed by atoms with E-state index in [0.717, 1.165) is 12.0 Å². The van der Waals surface area contributed by atoms with Crippen molar-refractivity contribution in [3.05, 3.63) is 48.6 Å². The van der Waals surface area contributed by atoms with Crippen LogP contribution in [0.1, 0.15) is 18.9 Å². The Morgan fingerprint density at radius 3 is 2.68 bits per heavy atom. The predicted molar refractivity (Wildman–Crippen MR) is 85.8 cm³/mol. The number of hydrogen-bond acceptors (Lipinski definition) is 4. The summed E-state index contributed by atoms with van der Waals surface area (Å²) in [5.74, 6) is 0. The average Bonchev–Trinajstić information content (AvgIpc) is 2.45. The number of hydrogen-bond donors (Lipinski definition) is 0.